The van der Waals surface area contributed by atoms with E-state index < -0.39 is 0 Å². The summed E-state index contributed by atoms with van der Waals surface area (Å²) in [5.41, 5.74) is 0. The van der Waals surface area contributed by atoms with Crippen LogP contribution in [0.1, 0.15) is 66.7 Å². The van der Waals surface area contributed by atoms with Crippen molar-refractivity contribution in [1.29, 1.82) is 0 Å². The van der Waals surface area contributed by atoms with E-state index in [1.165, 1.54) is 51.7 Å². The predicted molar refractivity (Wildman–Crippen MR) is 78.6 cm³/mol. The maximum Gasteiger partial charge on any atom is 0.00641 e. The second-order valence-corrected chi connectivity index (χ2v) is 5.41. The van der Waals surface area contributed by atoms with Gasteiger partial charge in [0.1, 0.15) is 0 Å². The molecule has 0 aliphatic rings. The predicted octanol–water partition coefficient (Wildman–Crippen LogP) is 3.67. The smallest absolute Gasteiger partial charge is 0.00641 e. The van der Waals surface area contributed by atoms with Gasteiger partial charge >= 0.3 is 0 Å². The molecular formula is C15H34N2. The maximum absolute atomic E-state index is 3.47. The fraction of sp³-hybridized carbons (Fsp3) is 1.00. The van der Waals surface area contributed by atoms with Crippen LogP contribution < -0.4 is 5.32 Å². The standard InChI is InChI=1S/C15H34N2/c1-6-15(5)17(7-2)13-11-9-8-10-12-16-14(3)4/h14-16H,6-13H2,1-5H3. The summed E-state index contributed by atoms with van der Waals surface area (Å²) in [5, 5.41) is 3.47. The summed E-state index contributed by atoms with van der Waals surface area (Å²) in [7, 11) is 0. The third kappa shape index (κ3) is 9.61. The molecule has 0 saturated heterocycles. The molecule has 17 heavy (non-hydrogen) atoms. The molecule has 0 aromatic heterocycles. The Morgan fingerprint density at radius 1 is 0.941 bits per heavy atom. The highest BCUT2D eigenvalue weighted by molar-refractivity contribution is 4.64. The summed E-state index contributed by atoms with van der Waals surface area (Å²) in [5.74, 6) is 0. The molecule has 0 rings (SSSR count). The lowest BCUT2D eigenvalue weighted by Crippen LogP contribution is -2.33. The van der Waals surface area contributed by atoms with Crippen molar-refractivity contribution in [2.24, 2.45) is 0 Å². The molecule has 0 aromatic rings. The Balaban J connectivity index is 3.37. The van der Waals surface area contributed by atoms with Gasteiger partial charge in [0, 0.05) is 12.1 Å². The highest BCUT2D eigenvalue weighted by atomic mass is 15.1. The molecule has 0 spiro atoms. The molecule has 2 heteroatoms. The number of hydrogen-bond donors (Lipinski definition) is 1. The molecule has 1 atom stereocenters. The van der Waals surface area contributed by atoms with E-state index in [0.29, 0.717) is 6.04 Å². The third-order valence-corrected chi connectivity index (χ3v) is 3.55. The van der Waals surface area contributed by atoms with Crippen LogP contribution in [0, 0.1) is 0 Å². The van der Waals surface area contributed by atoms with E-state index in [4.69, 9.17) is 0 Å². The van der Waals surface area contributed by atoms with Crippen LogP contribution in [0.5, 0.6) is 0 Å². The number of hydrogen-bond acceptors (Lipinski definition) is 2. The van der Waals surface area contributed by atoms with Crippen molar-refractivity contribution in [1.82, 2.24) is 10.2 Å². The van der Waals surface area contributed by atoms with Gasteiger partial charge in [0.15, 0.2) is 0 Å². The summed E-state index contributed by atoms with van der Waals surface area (Å²) >= 11 is 0. The third-order valence-electron chi connectivity index (χ3n) is 3.55. The van der Waals surface area contributed by atoms with Crippen molar-refractivity contribution >= 4 is 0 Å². The van der Waals surface area contributed by atoms with Crippen LogP contribution in [0.4, 0.5) is 0 Å². The molecule has 104 valence electrons. The molecule has 0 heterocycles. The quantitative estimate of drug-likeness (QED) is 0.556. The van der Waals surface area contributed by atoms with Gasteiger partial charge in [-0.1, -0.05) is 40.5 Å². The molecule has 0 aliphatic carbocycles. The SMILES string of the molecule is CCC(C)N(CC)CCCCCCNC(C)C. The van der Waals surface area contributed by atoms with Crippen molar-refractivity contribution in [2.45, 2.75) is 78.8 Å². The van der Waals surface area contributed by atoms with E-state index in [0.717, 1.165) is 6.04 Å². The second kappa shape index (κ2) is 11.0. The zero-order chi connectivity index (χ0) is 13.1. The van der Waals surface area contributed by atoms with Crippen LogP contribution in [0.15, 0.2) is 0 Å². The van der Waals surface area contributed by atoms with Crippen LogP contribution in [0.2, 0.25) is 0 Å². The van der Waals surface area contributed by atoms with Crippen molar-refractivity contribution in [3.8, 4) is 0 Å². The van der Waals surface area contributed by atoms with Gasteiger partial charge in [0.05, 0.1) is 0 Å². The topological polar surface area (TPSA) is 15.3 Å². The van der Waals surface area contributed by atoms with Crippen molar-refractivity contribution < 1.29 is 0 Å². The molecular weight excluding hydrogens is 208 g/mol. The number of rotatable bonds is 11. The molecule has 1 N–H and O–H groups in total. The summed E-state index contributed by atoms with van der Waals surface area (Å²) in [6, 6.07) is 1.39. The second-order valence-electron chi connectivity index (χ2n) is 5.41. The Kier molecular flexibility index (Phi) is 11.0. The minimum atomic E-state index is 0.635. The van der Waals surface area contributed by atoms with Crippen LogP contribution in [0.25, 0.3) is 0 Å². The molecule has 0 radical (unpaired) electrons. The average Bonchev–Trinajstić information content (AvgIpc) is 2.31. The van der Waals surface area contributed by atoms with Crippen LogP contribution in [-0.2, 0) is 0 Å². The Hall–Kier alpha value is -0.0800. The van der Waals surface area contributed by atoms with Crippen LogP contribution in [-0.4, -0.2) is 36.6 Å². The normalized spacial score (nSPS) is 13.6. The maximum atomic E-state index is 3.47. The first-order valence-corrected chi connectivity index (χ1v) is 7.59. The van der Waals surface area contributed by atoms with Gasteiger partial charge in [-0.25, -0.2) is 0 Å². The summed E-state index contributed by atoms with van der Waals surface area (Å²) < 4.78 is 0. The molecule has 0 saturated carbocycles. The van der Waals surface area contributed by atoms with Crippen LogP contribution >= 0.6 is 0 Å². The van der Waals surface area contributed by atoms with Crippen molar-refractivity contribution in [3.05, 3.63) is 0 Å². The Morgan fingerprint density at radius 2 is 1.59 bits per heavy atom. The summed E-state index contributed by atoms with van der Waals surface area (Å²) in [6.07, 6.45) is 6.71. The summed E-state index contributed by atoms with van der Waals surface area (Å²) in [4.78, 5) is 2.60. The zero-order valence-electron chi connectivity index (χ0n) is 12.8. The molecule has 1 unspecified atom stereocenters. The first-order chi connectivity index (χ1) is 8.11. The van der Waals surface area contributed by atoms with E-state index in [-0.39, 0.29) is 0 Å². The zero-order valence-corrected chi connectivity index (χ0v) is 12.8. The molecule has 2 nitrogen and oxygen atoms in total. The minimum Gasteiger partial charge on any atom is -0.315 e. The number of unbranched alkanes of at least 4 members (excludes halogenated alkanes) is 3. The van der Waals surface area contributed by atoms with Gasteiger partial charge in [0.25, 0.3) is 0 Å². The van der Waals surface area contributed by atoms with Gasteiger partial charge in [0.2, 0.25) is 0 Å². The van der Waals surface area contributed by atoms with Crippen molar-refractivity contribution in [2.75, 3.05) is 19.6 Å². The van der Waals surface area contributed by atoms with Gasteiger partial charge in [-0.05, 0) is 45.8 Å². The lowest BCUT2D eigenvalue weighted by molar-refractivity contribution is 0.210. The summed E-state index contributed by atoms with van der Waals surface area (Å²) in [6.45, 7) is 15.0. The first-order valence-electron chi connectivity index (χ1n) is 7.59. The number of nitrogens with zero attached hydrogens (tertiary/aromatic N) is 1. The molecule has 0 bridgehead atoms. The lowest BCUT2D eigenvalue weighted by Gasteiger charge is -2.26. The van der Waals surface area contributed by atoms with Gasteiger partial charge in [-0.3, -0.25) is 0 Å². The highest BCUT2D eigenvalue weighted by Gasteiger charge is 2.08. The Labute approximate surface area is 109 Å². The minimum absolute atomic E-state index is 0.635. The van der Waals surface area contributed by atoms with Crippen LogP contribution in [0.3, 0.4) is 0 Å². The highest BCUT2D eigenvalue weighted by Crippen LogP contribution is 2.07. The Bertz CT molecular complexity index is 157. The first kappa shape index (κ1) is 16.9. The molecule has 0 aromatic carbocycles. The monoisotopic (exact) mass is 242 g/mol. The van der Waals surface area contributed by atoms with Gasteiger partial charge in [-0.15, -0.1) is 0 Å². The Morgan fingerprint density at radius 3 is 2.12 bits per heavy atom. The van der Waals surface area contributed by atoms with Gasteiger partial charge < -0.3 is 10.2 Å². The van der Waals surface area contributed by atoms with E-state index in [1.54, 1.807) is 0 Å². The lowest BCUT2D eigenvalue weighted by atomic mass is 10.1. The van der Waals surface area contributed by atoms with E-state index in [2.05, 4.69) is 44.8 Å². The molecule has 0 aliphatic heterocycles. The van der Waals surface area contributed by atoms with E-state index in [1.807, 2.05) is 0 Å². The fourth-order valence-electron chi connectivity index (χ4n) is 2.13. The fourth-order valence-corrected chi connectivity index (χ4v) is 2.13. The molecule has 0 amide bonds. The molecule has 0 fully saturated rings. The largest absolute Gasteiger partial charge is 0.315 e. The van der Waals surface area contributed by atoms with E-state index in [9.17, 15) is 0 Å². The average molecular weight is 242 g/mol. The van der Waals surface area contributed by atoms with E-state index >= 15 is 0 Å². The van der Waals surface area contributed by atoms with Gasteiger partial charge in [-0.2, -0.15) is 0 Å². The van der Waals surface area contributed by atoms with Crippen molar-refractivity contribution in [3.63, 3.8) is 0 Å². The number of nitrogens with one attached hydrogen (secondary N) is 1.